The molecule has 4 N–H and O–H groups in total. The largest absolute Gasteiger partial charge is 0.392 e. The van der Waals surface area contributed by atoms with Crippen LogP contribution in [0.3, 0.4) is 0 Å². The number of likely N-dealkylation sites (N-methyl/N-ethyl adjacent to an activating group) is 1. The number of aliphatic hydroxyl groups is 2. The van der Waals surface area contributed by atoms with Crippen LogP contribution in [0.5, 0.6) is 0 Å². The van der Waals surface area contributed by atoms with Crippen LogP contribution in [0.25, 0.3) is 17.3 Å². The molecule has 2 aromatic rings. The first-order valence-corrected chi connectivity index (χ1v) is 23.5. The lowest BCUT2D eigenvalue weighted by molar-refractivity contribution is -0.123. The second-order valence-corrected chi connectivity index (χ2v) is 17.9. The molecule has 2 amide bonds. The predicted molar refractivity (Wildman–Crippen MR) is 238 cm³/mol. The first-order chi connectivity index (χ1) is 28.1. The predicted octanol–water partition coefficient (Wildman–Crippen LogP) is 7.52. The minimum absolute atomic E-state index is 0.0491. The van der Waals surface area contributed by atoms with Gasteiger partial charge in [-0.25, -0.2) is 27.1 Å². The van der Waals surface area contributed by atoms with Crippen LogP contribution in [0.2, 0.25) is 0 Å². The molecule has 0 radical (unpaired) electrons. The zero-order valence-electron chi connectivity index (χ0n) is 36.6. The summed E-state index contributed by atoms with van der Waals surface area (Å²) in [5.41, 5.74) is 1.88. The molecule has 0 saturated heterocycles. The Balaban J connectivity index is 1.69. The standard InChI is InChI=1S/C45H73FN6O6S/c1-7-8-9-10-11-12-13-14-15-16-17-18-19-20-21-22-41(55)47-29-31-51(4)32-30-48-42(56)34-39(54)33-38(53)27-28-40-43(35(2)3)49-45(52(5)59(6,57)58)50-44(40)36-23-25-37(46)26-24-36/h14-15,23-28,35,38-39,53-54H,7-13,16-22,29-34H2,1-6H3,(H,47,55)(H,48,56). The molecule has 0 aliphatic heterocycles. The lowest BCUT2D eigenvalue weighted by Crippen LogP contribution is -2.38. The number of carbonyl (C=O) groups excluding carboxylic acids is 2. The fourth-order valence-corrected chi connectivity index (χ4v) is 6.84. The number of anilines is 1. The van der Waals surface area contributed by atoms with Crippen molar-refractivity contribution in [1.82, 2.24) is 25.5 Å². The summed E-state index contributed by atoms with van der Waals surface area (Å²) in [6, 6.07) is 5.60. The molecular weight excluding hydrogens is 772 g/mol. The lowest BCUT2D eigenvalue weighted by Gasteiger charge is -2.20. The molecule has 0 spiro atoms. The van der Waals surface area contributed by atoms with Crippen LogP contribution in [0, 0.1) is 5.82 Å². The number of carbonyl (C=O) groups is 2. The number of nitrogens with one attached hydrogen (secondary N) is 2. The van der Waals surface area contributed by atoms with Crippen LogP contribution in [-0.4, -0.2) is 104 Å². The van der Waals surface area contributed by atoms with E-state index in [1.54, 1.807) is 6.08 Å². The van der Waals surface area contributed by atoms with Gasteiger partial charge in [-0.15, -0.1) is 0 Å². The zero-order valence-corrected chi connectivity index (χ0v) is 37.4. The number of rotatable bonds is 31. The van der Waals surface area contributed by atoms with E-state index in [-0.39, 0.29) is 36.5 Å². The molecule has 2 rings (SSSR count). The van der Waals surface area contributed by atoms with Gasteiger partial charge in [0.2, 0.25) is 27.8 Å². The quantitative estimate of drug-likeness (QED) is 0.0444. The number of sulfonamides is 1. The van der Waals surface area contributed by atoms with Gasteiger partial charge in [-0.1, -0.05) is 96.4 Å². The average molecular weight is 845 g/mol. The van der Waals surface area contributed by atoms with Gasteiger partial charge in [0.05, 0.1) is 36.3 Å². The summed E-state index contributed by atoms with van der Waals surface area (Å²) in [6.07, 6.45) is 22.7. The maximum Gasteiger partial charge on any atom is 0.239 e. The Labute approximate surface area is 354 Å². The summed E-state index contributed by atoms with van der Waals surface area (Å²) >= 11 is 0. The number of aliphatic hydroxyl groups excluding tert-OH is 2. The fraction of sp³-hybridized carbons (Fsp3) is 0.644. The smallest absolute Gasteiger partial charge is 0.239 e. The van der Waals surface area contributed by atoms with Crippen molar-refractivity contribution >= 4 is 33.9 Å². The van der Waals surface area contributed by atoms with E-state index in [2.05, 4.69) is 39.7 Å². The number of nitrogens with zero attached hydrogens (tertiary/aromatic N) is 4. The van der Waals surface area contributed by atoms with Gasteiger partial charge in [0.15, 0.2) is 0 Å². The third-order valence-electron chi connectivity index (χ3n) is 10.1. The third kappa shape index (κ3) is 21.9. The van der Waals surface area contributed by atoms with E-state index in [9.17, 15) is 32.6 Å². The van der Waals surface area contributed by atoms with Gasteiger partial charge in [0.25, 0.3) is 0 Å². The number of benzene rings is 1. The Bertz CT molecular complexity index is 1690. The molecule has 1 aromatic carbocycles. The minimum atomic E-state index is -3.68. The molecule has 12 nitrogen and oxygen atoms in total. The van der Waals surface area contributed by atoms with Crippen molar-refractivity contribution in [3.63, 3.8) is 0 Å². The molecule has 2 atom stereocenters. The van der Waals surface area contributed by atoms with E-state index in [1.807, 2.05) is 25.8 Å². The van der Waals surface area contributed by atoms with Crippen molar-refractivity contribution < 1.29 is 32.6 Å². The number of amides is 2. The van der Waals surface area contributed by atoms with Crippen molar-refractivity contribution in [2.75, 3.05) is 50.8 Å². The van der Waals surface area contributed by atoms with Crippen molar-refractivity contribution in [2.45, 2.75) is 142 Å². The van der Waals surface area contributed by atoms with Crippen molar-refractivity contribution in [3.8, 4) is 11.3 Å². The molecule has 1 heterocycles. The number of unbranched alkanes of at least 4 members (excludes halogenated alkanes) is 11. The summed E-state index contributed by atoms with van der Waals surface area (Å²) in [5.74, 6) is -0.966. The maximum absolute atomic E-state index is 13.8. The Morgan fingerprint density at radius 2 is 1.39 bits per heavy atom. The van der Waals surface area contributed by atoms with E-state index >= 15 is 0 Å². The normalized spacial score (nSPS) is 13.1. The summed E-state index contributed by atoms with van der Waals surface area (Å²) in [5, 5.41) is 27.2. The monoisotopic (exact) mass is 845 g/mol. The van der Waals surface area contributed by atoms with Gasteiger partial charge in [0, 0.05) is 57.2 Å². The number of hydrogen-bond acceptors (Lipinski definition) is 9. The van der Waals surface area contributed by atoms with E-state index in [0.717, 1.165) is 36.2 Å². The molecule has 0 saturated carbocycles. The average Bonchev–Trinajstić information content (AvgIpc) is 3.17. The van der Waals surface area contributed by atoms with Crippen molar-refractivity contribution in [2.24, 2.45) is 0 Å². The summed E-state index contributed by atoms with van der Waals surface area (Å²) in [4.78, 5) is 35.9. The van der Waals surface area contributed by atoms with Crippen LogP contribution in [0.15, 0.2) is 42.5 Å². The van der Waals surface area contributed by atoms with E-state index < -0.39 is 28.0 Å². The van der Waals surface area contributed by atoms with Gasteiger partial charge in [-0.05, 0) is 69.3 Å². The highest BCUT2D eigenvalue weighted by molar-refractivity contribution is 7.92. The number of aromatic nitrogens is 2. The van der Waals surface area contributed by atoms with Gasteiger partial charge in [0.1, 0.15) is 5.82 Å². The number of hydrogen-bond donors (Lipinski definition) is 4. The molecular formula is C45H73FN6O6S. The summed E-state index contributed by atoms with van der Waals surface area (Å²) < 4.78 is 39.4. The topological polar surface area (TPSA) is 165 Å². The Morgan fingerprint density at radius 1 is 0.831 bits per heavy atom. The Hall–Kier alpha value is -3.72. The molecule has 332 valence electrons. The van der Waals surface area contributed by atoms with Crippen LogP contribution in [0.1, 0.15) is 141 Å². The van der Waals surface area contributed by atoms with Gasteiger partial charge in [-0.2, -0.15) is 0 Å². The molecule has 14 heteroatoms. The second-order valence-electron chi connectivity index (χ2n) is 15.9. The van der Waals surface area contributed by atoms with E-state index in [1.165, 1.54) is 95.2 Å². The first kappa shape index (κ1) is 51.4. The second kappa shape index (κ2) is 28.7. The highest BCUT2D eigenvalue weighted by Gasteiger charge is 2.23. The molecule has 0 fully saturated rings. The van der Waals surface area contributed by atoms with Gasteiger partial charge >= 0.3 is 0 Å². The number of allylic oxidation sites excluding steroid dienone is 2. The summed E-state index contributed by atoms with van der Waals surface area (Å²) in [6.45, 7) is 8.10. The van der Waals surface area contributed by atoms with Gasteiger partial charge < -0.3 is 25.7 Å². The molecule has 0 bridgehead atoms. The molecule has 2 unspecified atom stereocenters. The van der Waals surface area contributed by atoms with E-state index in [4.69, 9.17) is 0 Å². The van der Waals surface area contributed by atoms with Crippen molar-refractivity contribution in [3.05, 3.63) is 59.6 Å². The molecule has 1 aromatic heterocycles. The third-order valence-corrected chi connectivity index (χ3v) is 11.3. The molecule has 0 aliphatic carbocycles. The molecule has 0 aliphatic rings. The lowest BCUT2D eigenvalue weighted by atomic mass is 9.97. The minimum Gasteiger partial charge on any atom is -0.392 e. The number of halogens is 1. The SMILES string of the molecule is CCCCCCCCC=CCCCCCCCC(=O)NCCN(C)CCNC(=O)CC(O)CC(O)C=Cc1c(-c2ccc(F)cc2)nc(N(C)S(C)(=O)=O)nc1C(C)C. The first-order valence-electron chi connectivity index (χ1n) is 21.6. The zero-order chi connectivity index (χ0) is 43.6. The summed E-state index contributed by atoms with van der Waals surface area (Å²) in [7, 11) is -0.421. The van der Waals surface area contributed by atoms with Gasteiger partial charge in [-0.3, -0.25) is 9.59 Å². The van der Waals surface area contributed by atoms with Crippen LogP contribution >= 0.6 is 0 Å². The fourth-order valence-electron chi connectivity index (χ4n) is 6.46. The van der Waals surface area contributed by atoms with Crippen LogP contribution in [-0.2, 0) is 19.6 Å². The highest BCUT2D eigenvalue weighted by atomic mass is 32.2. The Morgan fingerprint density at radius 3 is 1.97 bits per heavy atom. The van der Waals surface area contributed by atoms with Crippen molar-refractivity contribution in [1.29, 1.82) is 0 Å². The van der Waals surface area contributed by atoms with E-state index in [0.29, 0.717) is 55.1 Å². The Kier molecular flexibility index (Phi) is 25.0. The molecule has 59 heavy (non-hydrogen) atoms. The maximum atomic E-state index is 13.8. The van der Waals surface area contributed by atoms with Crippen LogP contribution in [0.4, 0.5) is 10.3 Å². The van der Waals surface area contributed by atoms with Crippen LogP contribution < -0.4 is 14.9 Å². The highest BCUT2D eigenvalue weighted by Crippen LogP contribution is 2.32.